The molecular weight excluding hydrogens is 294 g/mol. The quantitative estimate of drug-likeness (QED) is 0.720. The van der Waals surface area contributed by atoms with E-state index >= 15 is 0 Å². The first-order valence-electron chi connectivity index (χ1n) is 7.90. The van der Waals surface area contributed by atoms with Gasteiger partial charge in [0.05, 0.1) is 12.0 Å². The minimum Gasteiger partial charge on any atom is -0.384 e. The number of methoxy groups -OCH3 is 1. The number of hydrogen-bond donors (Lipinski definition) is 3. The van der Waals surface area contributed by atoms with E-state index in [1.54, 1.807) is 26.3 Å². The molecule has 3 N–H and O–H groups in total. The standard InChI is InChI=1S/C17H25N3O3/c1-18-15(21)14-5-3-13(4-6-14)11-20-16(22)17(12-23-2)7-9-19-10-8-17/h3-6,19H,7-12H2,1-2H3,(H,18,21)(H,20,22). The molecule has 1 aromatic carbocycles. The number of rotatable bonds is 6. The Kier molecular flexibility index (Phi) is 6.12. The van der Waals surface area contributed by atoms with Gasteiger partial charge in [-0.1, -0.05) is 12.1 Å². The average Bonchev–Trinajstić information content (AvgIpc) is 2.60. The molecule has 1 fully saturated rings. The normalized spacial score (nSPS) is 16.6. The summed E-state index contributed by atoms with van der Waals surface area (Å²) in [5.74, 6) is -0.0782. The van der Waals surface area contributed by atoms with E-state index in [1.807, 2.05) is 12.1 Å². The van der Waals surface area contributed by atoms with Crippen molar-refractivity contribution in [2.45, 2.75) is 19.4 Å². The highest BCUT2D eigenvalue weighted by atomic mass is 16.5. The van der Waals surface area contributed by atoms with Crippen LogP contribution in [0.3, 0.4) is 0 Å². The highest BCUT2D eigenvalue weighted by Gasteiger charge is 2.39. The van der Waals surface area contributed by atoms with Crippen molar-refractivity contribution in [1.82, 2.24) is 16.0 Å². The van der Waals surface area contributed by atoms with E-state index in [9.17, 15) is 9.59 Å². The smallest absolute Gasteiger partial charge is 0.251 e. The van der Waals surface area contributed by atoms with E-state index in [1.165, 1.54) is 0 Å². The van der Waals surface area contributed by atoms with E-state index in [2.05, 4.69) is 16.0 Å². The molecule has 0 bridgehead atoms. The topological polar surface area (TPSA) is 79.5 Å². The van der Waals surface area contributed by atoms with Crippen LogP contribution in [-0.4, -0.2) is 45.7 Å². The maximum absolute atomic E-state index is 12.6. The van der Waals surface area contributed by atoms with Crippen molar-refractivity contribution in [2.75, 3.05) is 33.9 Å². The molecule has 1 aromatic rings. The van der Waals surface area contributed by atoms with Gasteiger partial charge in [0.25, 0.3) is 5.91 Å². The Bertz CT molecular complexity index is 531. The molecule has 2 rings (SSSR count). The molecule has 126 valence electrons. The van der Waals surface area contributed by atoms with Crippen molar-refractivity contribution in [1.29, 1.82) is 0 Å². The summed E-state index contributed by atoms with van der Waals surface area (Å²) >= 11 is 0. The second kappa shape index (κ2) is 8.08. The molecule has 0 spiro atoms. The summed E-state index contributed by atoms with van der Waals surface area (Å²) in [5, 5.41) is 8.87. The third-order valence-electron chi connectivity index (χ3n) is 4.36. The number of carbonyl (C=O) groups is 2. The van der Waals surface area contributed by atoms with Gasteiger partial charge >= 0.3 is 0 Å². The fourth-order valence-electron chi connectivity index (χ4n) is 2.91. The van der Waals surface area contributed by atoms with Crippen molar-refractivity contribution in [2.24, 2.45) is 5.41 Å². The van der Waals surface area contributed by atoms with E-state index in [0.29, 0.717) is 18.7 Å². The van der Waals surface area contributed by atoms with Crippen LogP contribution in [0.4, 0.5) is 0 Å². The van der Waals surface area contributed by atoms with Crippen LogP contribution < -0.4 is 16.0 Å². The SMILES string of the molecule is CNC(=O)c1ccc(CNC(=O)C2(COC)CCNCC2)cc1. The molecule has 1 aliphatic heterocycles. The first kappa shape index (κ1) is 17.4. The van der Waals surface area contributed by atoms with Crippen LogP contribution in [0.15, 0.2) is 24.3 Å². The third kappa shape index (κ3) is 4.30. The Morgan fingerprint density at radius 1 is 1.22 bits per heavy atom. The van der Waals surface area contributed by atoms with E-state index < -0.39 is 5.41 Å². The highest BCUT2D eigenvalue weighted by Crippen LogP contribution is 2.29. The van der Waals surface area contributed by atoms with Gasteiger partial charge in [-0.2, -0.15) is 0 Å². The summed E-state index contributed by atoms with van der Waals surface area (Å²) in [6, 6.07) is 7.23. The number of ether oxygens (including phenoxy) is 1. The van der Waals surface area contributed by atoms with Crippen LogP contribution in [0.5, 0.6) is 0 Å². The Hall–Kier alpha value is -1.92. The van der Waals surface area contributed by atoms with Crippen molar-refractivity contribution in [3.63, 3.8) is 0 Å². The Balaban J connectivity index is 1.96. The zero-order valence-corrected chi connectivity index (χ0v) is 13.8. The van der Waals surface area contributed by atoms with Gasteiger partial charge in [-0.05, 0) is 43.6 Å². The molecule has 0 saturated carbocycles. The van der Waals surface area contributed by atoms with E-state index in [-0.39, 0.29) is 11.8 Å². The lowest BCUT2D eigenvalue weighted by Crippen LogP contribution is -2.49. The van der Waals surface area contributed by atoms with Crippen LogP contribution in [0.25, 0.3) is 0 Å². The zero-order chi connectivity index (χ0) is 16.7. The van der Waals surface area contributed by atoms with E-state index in [0.717, 1.165) is 31.5 Å². The molecule has 0 aromatic heterocycles. The first-order valence-corrected chi connectivity index (χ1v) is 7.90. The zero-order valence-electron chi connectivity index (χ0n) is 13.8. The number of hydrogen-bond acceptors (Lipinski definition) is 4. The second-order valence-corrected chi connectivity index (χ2v) is 5.92. The Morgan fingerprint density at radius 2 is 1.87 bits per heavy atom. The molecule has 1 heterocycles. The van der Waals surface area contributed by atoms with Crippen LogP contribution in [0, 0.1) is 5.41 Å². The van der Waals surface area contributed by atoms with Gasteiger partial charge in [-0.3, -0.25) is 9.59 Å². The minimum atomic E-state index is -0.442. The van der Waals surface area contributed by atoms with Crippen molar-refractivity contribution in [3.8, 4) is 0 Å². The van der Waals surface area contributed by atoms with Crippen LogP contribution in [0.1, 0.15) is 28.8 Å². The average molecular weight is 319 g/mol. The first-order chi connectivity index (χ1) is 11.1. The molecule has 1 aliphatic rings. The second-order valence-electron chi connectivity index (χ2n) is 5.92. The summed E-state index contributed by atoms with van der Waals surface area (Å²) in [5.41, 5.74) is 1.13. The van der Waals surface area contributed by atoms with Crippen LogP contribution in [-0.2, 0) is 16.1 Å². The third-order valence-corrected chi connectivity index (χ3v) is 4.36. The maximum atomic E-state index is 12.6. The van der Waals surface area contributed by atoms with Gasteiger partial charge in [0, 0.05) is 26.3 Å². The Morgan fingerprint density at radius 3 is 2.43 bits per heavy atom. The molecule has 0 unspecified atom stereocenters. The van der Waals surface area contributed by atoms with Crippen LogP contribution >= 0.6 is 0 Å². The summed E-state index contributed by atoms with van der Waals surface area (Å²) in [6.45, 7) is 2.55. The lowest BCUT2D eigenvalue weighted by molar-refractivity contribution is -0.136. The summed E-state index contributed by atoms with van der Waals surface area (Å²) < 4.78 is 5.28. The highest BCUT2D eigenvalue weighted by molar-refractivity contribution is 5.93. The maximum Gasteiger partial charge on any atom is 0.251 e. The summed E-state index contributed by atoms with van der Waals surface area (Å²) in [6.07, 6.45) is 1.56. The molecule has 0 atom stereocenters. The van der Waals surface area contributed by atoms with Gasteiger partial charge in [-0.25, -0.2) is 0 Å². The molecule has 23 heavy (non-hydrogen) atoms. The predicted octanol–water partition coefficient (Wildman–Crippen LogP) is 0.679. The molecule has 1 saturated heterocycles. The lowest BCUT2D eigenvalue weighted by Gasteiger charge is -2.35. The summed E-state index contributed by atoms with van der Waals surface area (Å²) in [4.78, 5) is 24.1. The number of nitrogens with one attached hydrogen (secondary N) is 3. The van der Waals surface area contributed by atoms with Gasteiger partial charge in [0.15, 0.2) is 0 Å². The van der Waals surface area contributed by atoms with Crippen molar-refractivity contribution >= 4 is 11.8 Å². The predicted molar refractivity (Wildman–Crippen MR) is 88.1 cm³/mol. The monoisotopic (exact) mass is 319 g/mol. The molecule has 6 nitrogen and oxygen atoms in total. The van der Waals surface area contributed by atoms with Crippen LogP contribution in [0.2, 0.25) is 0 Å². The van der Waals surface area contributed by atoms with Gasteiger partial charge in [0.2, 0.25) is 5.91 Å². The molecular formula is C17H25N3O3. The van der Waals surface area contributed by atoms with E-state index in [4.69, 9.17) is 4.74 Å². The minimum absolute atomic E-state index is 0.0382. The Labute approximate surface area is 137 Å². The van der Waals surface area contributed by atoms with Crippen molar-refractivity contribution in [3.05, 3.63) is 35.4 Å². The van der Waals surface area contributed by atoms with Gasteiger partial charge < -0.3 is 20.7 Å². The summed E-state index contributed by atoms with van der Waals surface area (Å²) in [7, 11) is 3.24. The number of carbonyl (C=O) groups excluding carboxylic acids is 2. The van der Waals surface area contributed by atoms with Gasteiger partial charge in [-0.15, -0.1) is 0 Å². The molecule has 2 amide bonds. The number of amides is 2. The fourth-order valence-corrected chi connectivity index (χ4v) is 2.91. The molecule has 6 heteroatoms. The largest absolute Gasteiger partial charge is 0.384 e. The van der Waals surface area contributed by atoms with Crippen molar-refractivity contribution < 1.29 is 14.3 Å². The lowest BCUT2D eigenvalue weighted by atomic mass is 9.78. The van der Waals surface area contributed by atoms with Gasteiger partial charge in [0.1, 0.15) is 0 Å². The number of benzene rings is 1. The number of piperidine rings is 1. The molecule has 0 radical (unpaired) electrons. The fraction of sp³-hybridized carbons (Fsp3) is 0.529. The molecule has 0 aliphatic carbocycles.